The summed E-state index contributed by atoms with van der Waals surface area (Å²) >= 11 is 0. The van der Waals surface area contributed by atoms with Crippen molar-refractivity contribution in [3.8, 4) is 0 Å². The van der Waals surface area contributed by atoms with Gasteiger partial charge < -0.3 is 9.88 Å². The second kappa shape index (κ2) is 6.02. The predicted molar refractivity (Wildman–Crippen MR) is 75.9 cm³/mol. The van der Waals surface area contributed by atoms with E-state index in [-0.39, 0.29) is 0 Å². The number of hydrogen-bond acceptors (Lipinski definition) is 3. The number of aryl methyl sites for hydroxylation is 2. The van der Waals surface area contributed by atoms with Crippen molar-refractivity contribution in [2.75, 3.05) is 0 Å². The first-order valence-corrected chi connectivity index (χ1v) is 6.86. The summed E-state index contributed by atoms with van der Waals surface area (Å²) in [6, 6.07) is 0.653. The van der Waals surface area contributed by atoms with Gasteiger partial charge in [0.15, 0.2) is 0 Å². The molecule has 0 aliphatic carbocycles. The average molecular weight is 261 g/mol. The summed E-state index contributed by atoms with van der Waals surface area (Å²) in [6.45, 7) is 10.3. The maximum atomic E-state index is 4.37. The summed E-state index contributed by atoms with van der Waals surface area (Å²) in [5.74, 6) is 1.08. The van der Waals surface area contributed by atoms with Crippen LogP contribution in [0.25, 0.3) is 0 Å². The lowest BCUT2D eigenvalue weighted by atomic mass is 10.2. The van der Waals surface area contributed by atoms with Gasteiger partial charge in [0.05, 0.1) is 18.8 Å². The van der Waals surface area contributed by atoms with Gasteiger partial charge in [0, 0.05) is 31.2 Å². The summed E-state index contributed by atoms with van der Waals surface area (Å²) in [7, 11) is 0. The summed E-state index contributed by atoms with van der Waals surface area (Å²) in [6.07, 6.45) is 7.84. The molecule has 0 radical (unpaired) electrons. The van der Waals surface area contributed by atoms with Crippen molar-refractivity contribution in [2.45, 2.75) is 52.9 Å². The van der Waals surface area contributed by atoms with Crippen LogP contribution in [0.5, 0.6) is 0 Å². The topological polar surface area (TPSA) is 47.7 Å². The molecule has 1 N–H and O–H groups in total. The number of rotatable bonds is 6. The number of imidazole rings is 1. The summed E-state index contributed by atoms with van der Waals surface area (Å²) in [5.41, 5.74) is 1.19. The van der Waals surface area contributed by atoms with Crippen molar-refractivity contribution < 1.29 is 0 Å². The molecule has 0 bridgehead atoms. The molecule has 0 spiro atoms. The SMILES string of the molecule is CCn1ccnc1CN[C@@H](C)[C@H](C)n1cc(C)cn1. The normalized spacial score (nSPS) is 14.5. The highest BCUT2D eigenvalue weighted by atomic mass is 15.3. The largest absolute Gasteiger partial charge is 0.334 e. The molecule has 5 heteroatoms. The monoisotopic (exact) mass is 261 g/mol. The molecule has 2 atom stereocenters. The molecule has 0 aromatic carbocycles. The molecule has 0 unspecified atom stereocenters. The molecule has 2 aromatic rings. The Morgan fingerprint density at radius 3 is 2.79 bits per heavy atom. The van der Waals surface area contributed by atoms with Gasteiger partial charge in [-0.1, -0.05) is 0 Å². The van der Waals surface area contributed by atoms with Gasteiger partial charge in [-0.25, -0.2) is 4.98 Å². The lowest BCUT2D eigenvalue weighted by molar-refractivity contribution is 0.360. The van der Waals surface area contributed by atoms with Gasteiger partial charge in [-0.15, -0.1) is 0 Å². The number of nitrogens with one attached hydrogen (secondary N) is 1. The van der Waals surface area contributed by atoms with E-state index >= 15 is 0 Å². The van der Waals surface area contributed by atoms with Crippen LogP contribution in [0, 0.1) is 6.92 Å². The van der Waals surface area contributed by atoms with E-state index in [4.69, 9.17) is 0 Å². The Balaban J connectivity index is 1.92. The number of aromatic nitrogens is 4. The molecular formula is C14H23N5. The van der Waals surface area contributed by atoms with Crippen molar-refractivity contribution in [2.24, 2.45) is 0 Å². The standard InChI is InChI=1S/C14H23N5/c1-5-18-7-6-15-14(18)9-16-12(3)13(4)19-10-11(2)8-17-19/h6-8,10,12-13,16H,5,9H2,1-4H3/t12-,13-/m0/s1. The Labute approximate surface area is 114 Å². The Kier molecular flexibility index (Phi) is 4.37. The van der Waals surface area contributed by atoms with Gasteiger partial charge in [0.2, 0.25) is 0 Å². The van der Waals surface area contributed by atoms with Crippen molar-refractivity contribution in [3.05, 3.63) is 36.2 Å². The zero-order chi connectivity index (χ0) is 13.8. The first-order chi connectivity index (χ1) is 9.11. The van der Waals surface area contributed by atoms with Crippen LogP contribution in [-0.4, -0.2) is 25.4 Å². The Hall–Kier alpha value is -1.62. The molecule has 0 aliphatic heterocycles. The molecule has 0 saturated carbocycles. The molecule has 0 amide bonds. The fourth-order valence-corrected chi connectivity index (χ4v) is 2.10. The van der Waals surface area contributed by atoms with Gasteiger partial charge in [-0.3, -0.25) is 4.68 Å². The summed E-state index contributed by atoms with van der Waals surface area (Å²) in [5, 5.41) is 7.89. The Bertz CT molecular complexity index is 513. The lowest BCUT2D eigenvalue weighted by Gasteiger charge is -2.21. The number of nitrogens with zero attached hydrogens (tertiary/aromatic N) is 4. The molecule has 0 fully saturated rings. The second-order valence-electron chi connectivity index (χ2n) is 5.04. The third kappa shape index (κ3) is 3.23. The molecule has 0 saturated heterocycles. The third-order valence-electron chi connectivity index (χ3n) is 3.60. The van der Waals surface area contributed by atoms with Gasteiger partial charge >= 0.3 is 0 Å². The van der Waals surface area contributed by atoms with E-state index in [1.54, 1.807) is 0 Å². The molecule has 104 valence electrons. The predicted octanol–water partition coefficient (Wildman–Crippen LogP) is 2.15. The molecular weight excluding hydrogens is 238 g/mol. The Morgan fingerprint density at radius 1 is 1.37 bits per heavy atom. The highest BCUT2D eigenvalue weighted by Crippen LogP contribution is 2.11. The van der Waals surface area contributed by atoms with E-state index < -0.39 is 0 Å². The van der Waals surface area contributed by atoms with Crippen LogP contribution in [0.3, 0.4) is 0 Å². The Morgan fingerprint density at radius 2 is 2.16 bits per heavy atom. The van der Waals surface area contributed by atoms with Crippen LogP contribution in [0.4, 0.5) is 0 Å². The minimum absolute atomic E-state index is 0.318. The van der Waals surface area contributed by atoms with E-state index in [0.717, 1.165) is 18.9 Å². The average Bonchev–Trinajstić information content (AvgIpc) is 3.03. The highest BCUT2D eigenvalue weighted by Gasteiger charge is 2.15. The summed E-state index contributed by atoms with van der Waals surface area (Å²) in [4.78, 5) is 4.37. The van der Waals surface area contributed by atoms with Crippen molar-refractivity contribution >= 4 is 0 Å². The van der Waals surface area contributed by atoms with Crippen LogP contribution >= 0.6 is 0 Å². The van der Waals surface area contributed by atoms with Crippen molar-refractivity contribution in [1.29, 1.82) is 0 Å². The zero-order valence-electron chi connectivity index (χ0n) is 12.2. The lowest BCUT2D eigenvalue weighted by Crippen LogP contribution is -2.34. The van der Waals surface area contributed by atoms with Crippen LogP contribution in [0.2, 0.25) is 0 Å². The van der Waals surface area contributed by atoms with Gasteiger partial charge in [-0.2, -0.15) is 5.10 Å². The molecule has 5 nitrogen and oxygen atoms in total. The smallest absolute Gasteiger partial charge is 0.122 e. The quantitative estimate of drug-likeness (QED) is 0.866. The maximum absolute atomic E-state index is 4.37. The number of hydrogen-bond donors (Lipinski definition) is 1. The maximum Gasteiger partial charge on any atom is 0.122 e. The van der Waals surface area contributed by atoms with E-state index in [9.17, 15) is 0 Å². The molecule has 2 rings (SSSR count). The fourth-order valence-electron chi connectivity index (χ4n) is 2.10. The van der Waals surface area contributed by atoms with E-state index in [1.165, 1.54) is 5.56 Å². The molecule has 2 heterocycles. The second-order valence-corrected chi connectivity index (χ2v) is 5.04. The van der Waals surface area contributed by atoms with Gasteiger partial charge in [-0.05, 0) is 33.3 Å². The molecule has 2 aromatic heterocycles. The van der Waals surface area contributed by atoms with E-state index in [1.807, 2.05) is 23.3 Å². The third-order valence-corrected chi connectivity index (χ3v) is 3.60. The minimum atomic E-state index is 0.318. The van der Waals surface area contributed by atoms with E-state index in [2.05, 4.69) is 53.9 Å². The first-order valence-electron chi connectivity index (χ1n) is 6.86. The minimum Gasteiger partial charge on any atom is -0.334 e. The van der Waals surface area contributed by atoms with Crippen LogP contribution in [0.15, 0.2) is 24.8 Å². The highest BCUT2D eigenvalue weighted by molar-refractivity contribution is 5.01. The van der Waals surface area contributed by atoms with Crippen molar-refractivity contribution in [1.82, 2.24) is 24.6 Å². The van der Waals surface area contributed by atoms with E-state index in [0.29, 0.717) is 12.1 Å². The van der Waals surface area contributed by atoms with Gasteiger partial charge in [0.1, 0.15) is 5.82 Å². The zero-order valence-corrected chi connectivity index (χ0v) is 12.2. The van der Waals surface area contributed by atoms with Crippen LogP contribution < -0.4 is 5.32 Å². The molecule has 0 aliphatic rings. The van der Waals surface area contributed by atoms with Gasteiger partial charge in [0.25, 0.3) is 0 Å². The molecule has 19 heavy (non-hydrogen) atoms. The fraction of sp³-hybridized carbons (Fsp3) is 0.571. The van der Waals surface area contributed by atoms with Crippen molar-refractivity contribution in [3.63, 3.8) is 0 Å². The first kappa shape index (κ1) is 13.8. The van der Waals surface area contributed by atoms with Crippen LogP contribution in [-0.2, 0) is 13.1 Å². The van der Waals surface area contributed by atoms with Crippen LogP contribution in [0.1, 0.15) is 38.2 Å². The summed E-state index contributed by atoms with van der Waals surface area (Å²) < 4.78 is 4.17.